The van der Waals surface area contributed by atoms with Gasteiger partial charge >= 0.3 is 5.97 Å². The number of benzene rings is 4. The molecule has 180 valence electrons. The average Bonchev–Trinajstić information content (AvgIpc) is 2.88. The number of carbonyl (C=O) groups excluding carboxylic acids is 3. The van der Waals surface area contributed by atoms with E-state index in [1.807, 2.05) is 62.4 Å². The summed E-state index contributed by atoms with van der Waals surface area (Å²) in [6.45, 7) is 3.49. The minimum absolute atomic E-state index is 0.241. The molecule has 0 bridgehead atoms. The van der Waals surface area contributed by atoms with E-state index >= 15 is 0 Å². The van der Waals surface area contributed by atoms with E-state index < -0.39 is 11.9 Å². The topological polar surface area (TPSA) is 96.9 Å². The van der Waals surface area contributed by atoms with Crippen LogP contribution in [0.5, 0.6) is 5.75 Å². The quantitative estimate of drug-likeness (QED) is 0.176. The third-order valence-electron chi connectivity index (χ3n) is 5.57. The third kappa shape index (κ3) is 5.82. The molecule has 0 aliphatic carbocycles. The molecule has 7 nitrogen and oxygen atoms in total. The first kappa shape index (κ1) is 24.3. The Hall–Kier alpha value is -4.78. The van der Waals surface area contributed by atoms with Crippen molar-refractivity contribution in [1.82, 2.24) is 10.7 Å². The van der Waals surface area contributed by atoms with E-state index in [0.29, 0.717) is 22.4 Å². The smallest absolute Gasteiger partial charge is 0.343 e. The predicted octanol–water partition coefficient (Wildman–Crippen LogP) is 4.56. The molecule has 4 rings (SSSR count). The Kier molecular flexibility index (Phi) is 7.51. The van der Waals surface area contributed by atoms with Gasteiger partial charge in [0.15, 0.2) is 0 Å². The largest absolute Gasteiger partial charge is 0.422 e. The lowest BCUT2D eigenvalue weighted by Gasteiger charge is -2.11. The molecule has 7 heteroatoms. The number of nitrogens with zero attached hydrogens (tertiary/aromatic N) is 1. The van der Waals surface area contributed by atoms with E-state index in [2.05, 4.69) is 15.8 Å². The van der Waals surface area contributed by atoms with Crippen molar-refractivity contribution in [3.05, 3.63) is 113 Å². The molecule has 0 aliphatic rings. The maximum Gasteiger partial charge on any atom is 0.343 e. The van der Waals surface area contributed by atoms with Gasteiger partial charge in [-0.2, -0.15) is 5.10 Å². The summed E-state index contributed by atoms with van der Waals surface area (Å²) in [5.74, 6) is -1.02. The van der Waals surface area contributed by atoms with Crippen molar-refractivity contribution in [1.29, 1.82) is 0 Å². The summed E-state index contributed by atoms with van der Waals surface area (Å²) in [5.41, 5.74) is 5.65. The lowest BCUT2D eigenvalue weighted by molar-refractivity contribution is -0.120. The molecule has 0 radical (unpaired) electrons. The lowest BCUT2D eigenvalue weighted by Crippen LogP contribution is -2.35. The number of ether oxygens (including phenoxy) is 1. The fourth-order valence-corrected chi connectivity index (χ4v) is 3.72. The van der Waals surface area contributed by atoms with Gasteiger partial charge in [0.1, 0.15) is 5.75 Å². The molecule has 0 unspecified atom stereocenters. The van der Waals surface area contributed by atoms with Crippen molar-refractivity contribution >= 4 is 34.8 Å². The molecule has 0 atom stereocenters. The predicted molar refractivity (Wildman–Crippen MR) is 139 cm³/mol. The maximum absolute atomic E-state index is 12.7. The van der Waals surface area contributed by atoms with Crippen LogP contribution in [0, 0.1) is 13.8 Å². The summed E-state index contributed by atoms with van der Waals surface area (Å²) in [6.07, 6.45) is 1.43. The minimum atomic E-state index is -0.494. The first-order valence-corrected chi connectivity index (χ1v) is 11.4. The van der Waals surface area contributed by atoms with Crippen LogP contribution in [0.15, 0.2) is 90.0 Å². The van der Waals surface area contributed by atoms with Gasteiger partial charge in [-0.3, -0.25) is 9.59 Å². The second kappa shape index (κ2) is 11.1. The summed E-state index contributed by atoms with van der Waals surface area (Å²) in [5, 5.41) is 8.36. The van der Waals surface area contributed by atoms with Gasteiger partial charge in [0.05, 0.1) is 18.3 Å². The molecule has 0 saturated heterocycles. The van der Waals surface area contributed by atoms with Gasteiger partial charge in [-0.15, -0.1) is 0 Å². The van der Waals surface area contributed by atoms with Gasteiger partial charge in [-0.05, 0) is 54.4 Å². The number of hydrazone groups is 1. The highest BCUT2D eigenvalue weighted by Gasteiger charge is 2.14. The highest BCUT2D eigenvalue weighted by Crippen LogP contribution is 2.27. The van der Waals surface area contributed by atoms with Crippen molar-refractivity contribution in [2.75, 3.05) is 6.54 Å². The fraction of sp³-hybridized carbons (Fsp3) is 0.103. The van der Waals surface area contributed by atoms with E-state index in [-0.39, 0.29) is 12.5 Å². The summed E-state index contributed by atoms with van der Waals surface area (Å²) in [6, 6.07) is 25.4. The number of rotatable bonds is 7. The highest BCUT2D eigenvalue weighted by atomic mass is 16.5. The number of carbonyl (C=O) groups is 3. The van der Waals surface area contributed by atoms with Crippen LogP contribution in [-0.2, 0) is 4.79 Å². The van der Waals surface area contributed by atoms with Crippen LogP contribution in [0.1, 0.15) is 37.4 Å². The van der Waals surface area contributed by atoms with Gasteiger partial charge < -0.3 is 10.1 Å². The Morgan fingerprint density at radius 3 is 2.47 bits per heavy atom. The molecule has 2 amide bonds. The fourth-order valence-electron chi connectivity index (χ4n) is 3.72. The van der Waals surface area contributed by atoms with Crippen molar-refractivity contribution in [2.45, 2.75) is 13.8 Å². The van der Waals surface area contributed by atoms with E-state index in [4.69, 9.17) is 4.74 Å². The lowest BCUT2D eigenvalue weighted by atomic mass is 10.0. The Labute approximate surface area is 208 Å². The number of aryl methyl sites for hydroxylation is 2. The first-order chi connectivity index (χ1) is 17.4. The molecule has 36 heavy (non-hydrogen) atoms. The Morgan fingerprint density at radius 2 is 1.67 bits per heavy atom. The Bertz CT molecular complexity index is 1480. The summed E-state index contributed by atoms with van der Waals surface area (Å²) < 4.78 is 5.69. The number of fused-ring (bicyclic) bond motifs is 1. The average molecular weight is 480 g/mol. The van der Waals surface area contributed by atoms with Gasteiger partial charge in [0.2, 0.25) is 0 Å². The van der Waals surface area contributed by atoms with Gasteiger partial charge in [-0.1, -0.05) is 66.2 Å². The Balaban J connectivity index is 1.48. The van der Waals surface area contributed by atoms with Crippen LogP contribution in [-0.4, -0.2) is 30.5 Å². The van der Waals surface area contributed by atoms with Crippen molar-refractivity contribution in [2.24, 2.45) is 5.10 Å². The van der Waals surface area contributed by atoms with E-state index in [1.54, 1.807) is 36.4 Å². The number of amides is 2. The standard InChI is InChI=1S/C29H25N3O4/c1-19-8-7-11-22(16-19)29(35)36-26-15-14-21-10-4-6-13-24(21)25(26)17-31-32-27(33)18-30-28(34)23-12-5-3-9-20(23)2/h3-17H,18H2,1-2H3,(H,30,34)(H,32,33)/b31-17-. The molecule has 0 fully saturated rings. The summed E-state index contributed by atoms with van der Waals surface area (Å²) in [7, 11) is 0. The second-order valence-electron chi connectivity index (χ2n) is 8.25. The van der Waals surface area contributed by atoms with Gasteiger partial charge in [0, 0.05) is 11.1 Å². The summed E-state index contributed by atoms with van der Waals surface area (Å²) >= 11 is 0. The molecule has 0 aromatic heterocycles. The van der Waals surface area contributed by atoms with E-state index in [9.17, 15) is 14.4 Å². The van der Waals surface area contributed by atoms with Crippen molar-refractivity contribution in [3.63, 3.8) is 0 Å². The number of hydrogen-bond acceptors (Lipinski definition) is 5. The molecule has 0 aliphatic heterocycles. The van der Waals surface area contributed by atoms with Crippen LogP contribution in [0.4, 0.5) is 0 Å². The summed E-state index contributed by atoms with van der Waals surface area (Å²) in [4.78, 5) is 37.3. The molecule has 0 saturated carbocycles. The van der Waals surface area contributed by atoms with Crippen LogP contribution < -0.4 is 15.5 Å². The molecule has 2 N–H and O–H groups in total. The van der Waals surface area contributed by atoms with Crippen LogP contribution in [0.25, 0.3) is 10.8 Å². The van der Waals surface area contributed by atoms with Crippen molar-refractivity contribution < 1.29 is 19.1 Å². The first-order valence-electron chi connectivity index (χ1n) is 11.4. The van der Waals surface area contributed by atoms with Gasteiger partial charge in [0.25, 0.3) is 11.8 Å². The maximum atomic E-state index is 12.7. The monoisotopic (exact) mass is 479 g/mol. The van der Waals surface area contributed by atoms with E-state index in [1.165, 1.54) is 6.21 Å². The van der Waals surface area contributed by atoms with Crippen LogP contribution >= 0.6 is 0 Å². The van der Waals surface area contributed by atoms with Crippen LogP contribution in [0.3, 0.4) is 0 Å². The minimum Gasteiger partial charge on any atom is -0.422 e. The molecule has 4 aromatic rings. The molecule has 0 spiro atoms. The Morgan fingerprint density at radius 1 is 0.889 bits per heavy atom. The normalized spacial score (nSPS) is 10.8. The van der Waals surface area contributed by atoms with E-state index in [0.717, 1.165) is 21.9 Å². The zero-order valence-electron chi connectivity index (χ0n) is 19.9. The number of hydrogen-bond donors (Lipinski definition) is 2. The molecular weight excluding hydrogens is 454 g/mol. The van der Waals surface area contributed by atoms with Crippen molar-refractivity contribution in [3.8, 4) is 5.75 Å². The third-order valence-corrected chi connectivity index (χ3v) is 5.57. The highest BCUT2D eigenvalue weighted by molar-refractivity contribution is 6.04. The zero-order chi connectivity index (χ0) is 25.5. The van der Waals surface area contributed by atoms with Crippen LogP contribution in [0.2, 0.25) is 0 Å². The molecular formula is C29H25N3O4. The molecule has 4 aromatic carbocycles. The SMILES string of the molecule is Cc1cccc(C(=O)Oc2ccc3ccccc3c2/C=N\NC(=O)CNC(=O)c2ccccc2C)c1. The zero-order valence-corrected chi connectivity index (χ0v) is 19.9. The molecule has 0 heterocycles. The second-order valence-corrected chi connectivity index (χ2v) is 8.25. The number of esters is 1. The number of nitrogens with one attached hydrogen (secondary N) is 2. The van der Waals surface area contributed by atoms with Gasteiger partial charge in [-0.25, -0.2) is 10.2 Å².